The Balaban J connectivity index is 5.19. The number of allylic oxidation sites excluding steroid dienone is 1. The molecule has 0 bridgehead atoms. The van der Waals surface area contributed by atoms with Crippen LogP contribution in [-0.4, -0.2) is 132 Å². The maximum absolute atomic E-state index is 10.7. The molecule has 0 radical (unpaired) electrons. The Hall–Kier alpha value is 2.65. The minimum atomic E-state index is -1.95. The number of hydrogen-bond acceptors (Lipinski definition) is 7. The van der Waals surface area contributed by atoms with Gasteiger partial charge in [0.25, 0.3) is 0 Å². The highest BCUT2D eigenvalue weighted by molar-refractivity contribution is 6.49. The molecule has 0 aliphatic rings. The van der Waals surface area contributed by atoms with Crippen molar-refractivity contribution in [3.05, 3.63) is 12.2 Å². The van der Waals surface area contributed by atoms with Gasteiger partial charge >= 0.3 is 0 Å². The Labute approximate surface area is 301 Å². The largest absolute Gasteiger partial charge is 0.394 e. The number of rotatable bonds is 21. The standard InChI is InChI=1S/C24H37Cl11O7/c1-9(37)3-2-4-11(26)15(28)13(38)7-12(27)16(29)21(40)18(31)17(30)19(32)22(41)20(33)23(42)24(34,35)6-5-10(25)14(39)8-36/h2-3,9-23,36-42H,4-8H2,1H3. The molecular formula is C24H37Cl11O7. The normalized spacial score (nSPS) is 24.0. The van der Waals surface area contributed by atoms with Crippen LogP contribution in [0.5, 0.6) is 0 Å². The molecule has 0 saturated heterocycles. The summed E-state index contributed by atoms with van der Waals surface area (Å²) in [6.07, 6.45) is -5.27. The van der Waals surface area contributed by atoms with Gasteiger partial charge in [-0.25, -0.2) is 0 Å². The molecule has 7 N–H and O–H groups in total. The molecule has 0 aromatic rings. The summed E-state index contributed by atoms with van der Waals surface area (Å²) in [7, 11) is 0. The molecule has 0 rings (SSSR count). The third-order valence-electron chi connectivity index (χ3n) is 6.31. The van der Waals surface area contributed by atoms with E-state index in [0.717, 1.165) is 0 Å². The minimum absolute atomic E-state index is 0.0210. The molecule has 0 amide bonds. The Bertz CT molecular complexity index is 772. The van der Waals surface area contributed by atoms with Crippen LogP contribution >= 0.6 is 128 Å². The van der Waals surface area contributed by atoms with Crippen LogP contribution in [0.1, 0.15) is 32.6 Å². The summed E-state index contributed by atoms with van der Waals surface area (Å²) in [5.41, 5.74) is 0. The molecule has 15 unspecified atom stereocenters. The number of halogens is 11. The van der Waals surface area contributed by atoms with Crippen LogP contribution in [0, 0.1) is 0 Å². The maximum Gasteiger partial charge on any atom is 0.145 e. The van der Waals surface area contributed by atoms with Gasteiger partial charge in [-0.2, -0.15) is 0 Å². The van der Waals surface area contributed by atoms with Gasteiger partial charge in [-0.3, -0.25) is 0 Å². The highest BCUT2D eigenvalue weighted by Gasteiger charge is 2.46. The third-order valence-corrected chi connectivity index (χ3v) is 12.3. The fourth-order valence-electron chi connectivity index (χ4n) is 3.59. The Morgan fingerprint density at radius 3 is 1.60 bits per heavy atom. The van der Waals surface area contributed by atoms with Crippen LogP contribution in [0.2, 0.25) is 0 Å². The number of aliphatic hydroxyl groups excluding tert-OH is 7. The monoisotopic (exact) mass is 822 g/mol. The molecule has 42 heavy (non-hydrogen) atoms. The second-order valence-electron chi connectivity index (χ2n) is 9.90. The summed E-state index contributed by atoms with van der Waals surface area (Å²) in [5, 5.41) is 59.6. The van der Waals surface area contributed by atoms with Crippen LogP contribution in [0.4, 0.5) is 0 Å². The van der Waals surface area contributed by atoms with Crippen molar-refractivity contribution >= 4 is 128 Å². The van der Waals surface area contributed by atoms with E-state index in [1.807, 2.05) is 0 Å². The lowest BCUT2D eigenvalue weighted by molar-refractivity contribution is 0.0644. The number of hydrogen-bond donors (Lipinski definition) is 7. The average Bonchev–Trinajstić information content (AvgIpc) is 2.95. The van der Waals surface area contributed by atoms with Gasteiger partial charge < -0.3 is 35.7 Å². The zero-order valence-electron chi connectivity index (χ0n) is 22.1. The van der Waals surface area contributed by atoms with Crippen molar-refractivity contribution in [2.45, 2.75) is 122 Å². The minimum Gasteiger partial charge on any atom is -0.394 e. The highest BCUT2D eigenvalue weighted by Crippen LogP contribution is 2.38. The first-order chi connectivity index (χ1) is 19.2. The van der Waals surface area contributed by atoms with Gasteiger partial charge in [0.15, 0.2) is 0 Å². The quantitative estimate of drug-likeness (QED) is 0.0644. The Morgan fingerprint density at radius 1 is 0.619 bits per heavy atom. The fourth-order valence-corrected chi connectivity index (χ4v) is 6.98. The van der Waals surface area contributed by atoms with Crippen molar-refractivity contribution in [1.82, 2.24) is 0 Å². The van der Waals surface area contributed by atoms with Crippen molar-refractivity contribution in [2.75, 3.05) is 6.61 Å². The molecule has 0 saturated carbocycles. The van der Waals surface area contributed by atoms with Gasteiger partial charge in [0.2, 0.25) is 0 Å². The second kappa shape index (κ2) is 21.6. The predicted molar refractivity (Wildman–Crippen MR) is 178 cm³/mol. The molecule has 18 heteroatoms. The van der Waals surface area contributed by atoms with Gasteiger partial charge in [0.1, 0.15) is 10.4 Å². The molecule has 0 spiro atoms. The smallest absolute Gasteiger partial charge is 0.145 e. The van der Waals surface area contributed by atoms with Crippen LogP contribution in [0.3, 0.4) is 0 Å². The van der Waals surface area contributed by atoms with Crippen LogP contribution < -0.4 is 0 Å². The average molecular weight is 828 g/mol. The van der Waals surface area contributed by atoms with E-state index in [9.17, 15) is 30.6 Å². The van der Waals surface area contributed by atoms with Crippen molar-refractivity contribution in [3.63, 3.8) is 0 Å². The highest BCUT2D eigenvalue weighted by atomic mass is 35.5. The summed E-state index contributed by atoms with van der Waals surface area (Å²) in [6.45, 7) is 0.967. The molecule has 0 fully saturated rings. The second-order valence-corrected chi connectivity index (χ2v) is 16.1. The fraction of sp³-hybridized carbons (Fsp3) is 0.917. The lowest BCUT2D eigenvalue weighted by Gasteiger charge is -2.36. The maximum atomic E-state index is 10.7. The van der Waals surface area contributed by atoms with Crippen molar-refractivity contribution in [3.8, 4) is 0 Å². The van der Waals surface area contributed by atoms with E-state index in [1.165, 1.54) is 6.08 Å². The molecule has 0 aromatic heterocycles. The van der Waals surface area contributed by atoms with E-state index < -0.39 is 96.0 Å². The first-order valence-corrected chi connectivity index (χ1v) is 17.4. The predicted octanol–water partition coefficient (Wildman–Crippen LogP) is 4.92. The van der Waals surface area contributed by atoms with Gasteiger partial charge in [-0.15, -0.1) is 104 Å². The molecule has 7 nitrogen and oxygen atoms in total. The zero-order chi connectivity index (χ0) is 33.1. The molecule has 0 aromatic carbocycles. The van der Waals surface area contributed by atoms with Crippen LogP contribution in [-0.2, 0) is 0 Å². The summed E-state index contributed by atoms with van der Waals surface area (Å²) in [5.74, 6) is 0. The summed E-state index contributed by atoms with van der Waals surface area (Å²) >= 11 is 68.6. The van der Waals surface area contributed by atoms with E-state index in [2.05, 4.69) is 0 Å². The van der Waals surface area contributed by atoms with E-state index in [-0.39, 0.29) is 25.7 Å². The third kappa shape index (κ3) is 14.8. The van der Waals surface area contributed by atoms with Crippen molar-refractivity contribution < 1.29 is 35.7 Å². The van der Waals surface area contributed by atoms with Crippen LogP contribution in [0.25, 0.3) is 0 Å². The van der Waals surface area contributed by atoms with E-state index in [4.69, 9.17) is 133 Å². The Kier molecular flexibility index (Phi) is 22.9. The SMILES string of the molecule is CC(O)C=CCC(Cl)C(Cl)C(O)CC(Cl)C(Cl)C(O)C(Cl)C(Cl)C(Cl)C(O)C(Cl)C(O)C(Cl)(Cl)CCC(Cl)C(O)CO. The van der Waals surface area contributed by atoms with Gasteiger partial charge in [-0.1, -0.05) is 35.4 Å². The summed E-state index contributed by atoms with van der Waals surface area (Å²) in [6, 6.07) is 0. The molecule has 0 aliphatic carbocycles. The lowest BCUT2D eigenvalue weighted by atomic mass is 9.96. The molecule has 252 valence electrons. The molecule has 0 heterocycles. The molecular weight excluding hydrogens is 790 g/mol. The van der Waals surface area contributed by atoms with E-state index >= 15 is 0 Å². The topological polar surface area (TPSA) is 142 Å². The van der Waals surface area contributed by atoms with E-state index in [0.29, 0.717) is 0 Å². The zero-order valence-corrected chi connectivity index (χ0v) is 30.5. The summed E-state index contributed by atoms with van der Waals surface area (Å²) in [4.78, 5) is 0. The van der Waals surface area contributed by atoms with Gasteiger partial charge in [-0.05, 0) is 32.6 Å². The first-order valence-electron chi connectivity index (χ1n) is 12.7. The van der Waals surface area contributed by atoms with Crippen molar-refractivity contribution in [2.24, 2.45) is 0 Å². The van der Waals surface area contributed by atoms with Gasteiger partial charge in [0.05, 0.1) is 85.5 Å². The number of aliphatic hydroxyl groups is 7. The van der Waals surface area contributed by atoms with Crippen LogP contribution in [0.15, 0.2) is 12.2 Å². The molecule has 0 aliphatic heterocycles. The van der Waals surface area contributed by atoms with Gasteiger partial charge in [0, 0.05) is 0 Å². The Morgan fingerprint density at radius 2 is 1.12 bits per heavy atom. The van der Waals surface area contributed by atoms with Crippen molar-refractivity contribution in [1.29, 1.82) is 0 Å². The first kappa shape index (κ1) is 44.6. The van der Waals surface area contributed by atoms with E-state index in [1.54, 1.807) is 13.0 Å². The summed E-state index contributed by atoms with van der Waals surface area (Å²) < 4.78 is -1.95. The lowest BCUT2D eigenvalue weighted by Crippen LogP contribution is -2.52. The molecule has 15 atom stereocenters. The number of alkyl halides is 11.